The Morgan fingerprint density at radius 1 is 1.20 bits per heavy atom. The molecular weight excluding hydrogens is 264 g/mol. The third kappa shape index (κ3) is 2.71. The lowest BCUT2D eigenvalue weighted by Crippen LogP contribution is -2.16. The van der Waals surface area contributed by atoms with Crippen LogP contribution in [0.2, 0.25) is 0 Å². The van der Waals surface area contributed by atoms with Crippen molar-refractivity contribution in [1.82, 2.24) is 0 Å². The fraction of sp³-hybridized carbons (Fsp3) is 0.538. The second-order valence-corrected chi connectivity index (χ2v) is 5.42. The summed E-state index contributed by atoms with van der Waals surface area (Å²) in [5.74, 6) is 0.102. The summed E-state index contributed by atoms with van der Waals surface area (Å²) >= 11 is 0. The van der Waals surface area contributed by atoms with Crippen molar-refractivity contribution in [3.05, 3.63) is 37.4 Å². The highest BCUT2D eigenvalue weighted by Gasteiger charge is 2.35. The monoisotopic (exact) mass is 282 g/mol. The zero-order valence-corrected chi connectivity index (χ0v) is 12.2. The molecule has 0 amide bonds. The lowest BCUT2D eigenvalue weighted by Gasteiger charge is -2.22. The van der Waals surface area contributed by atoms with Gasteiger partial charge in [-0.1, -0.05) is 27.7 Å². The van der Waals surface area contributed by atoms with E-state index in [0.29, 0.717) is 5.56 Å². The van der Waals surface area contributed by atoms with Gasteiger partial charge < -0.3 is 4.74 Å². The van der Waals surface area contributed by atoms with Gasteiger partial charge in [0.2, 0.25) is 5.75 Å². The van der Waals surface area contributed by atoms with Gasteiger partial charge in [0.15, 0.2) is 0 Å². The molecule has 0 unspecified atom stereocenters. The van der Waals surface area contributed by atoms with Crippen molar-refractivity contribution in [3.63, 3.8) is 0 Å². The van der Waals surface area contributed by atoms with Crippen LogP contribution in [0.25, 0.3) is 0 Å². The highest BCUT2D eigenvalue weighted by molar-refractivity contribution is 5.66. The van der Waals surface area contributed by atoms with E-state index in [-0.39, 0.29) is 29.1 Å². The number of nitro benzene ring substituents is 2. The summed E-state index contributed by atoms with van der Waals surface area (Å²) in [6, 6.07) is 1.38. The van der Waals surface area contributed by atoms with E-state index in [1.54, 1.807) is 6.92 Å². The lowest BCUT2D eigenvalue weighted by molar-refractivity contribution is -0.396. The van der Waals surface area contributed by atoms with Gasteiger partial charge in [0.25, 0.3) is 5.69 Å². The molecule has 0 aromatic heterocycles. The van der Waals surface area contributed by atoms with Gasteiger partial charge in [0.1, 0.15) is 5.56 Å². The van der Waals surface area contributed by atoms with E-state index >= 15 is 0 Å². The molecule has 0 radical (unpaired) electrons. The first-order valence-electron chi connectivity index (χ1n) is 6.18. The fourth-order valence-corrected chi connectivity index (χ4v) is 2.14. The largest absolute Gasteiger partial charge is 0.490 e. The quantitative estimate of drug-likeness (QED) is 0.623. The van der Waals surface area contributed by atoms with Gasteiger partial charge in [0.05, 0.1) is 17.0 Å². The molecule has 0 bridgehead atoms. The van der Waals surface area contributed by atoms with Gasteiger partial charge in [-0.2, -0.15) is 0 Å². The Morgan fingerprint density at radius 2 is 1.75 bits per heavy atom. The molecule has 1 aromatic carbocycles. The molecular formula is C13H18N2O5. The van der Waals surface area contributed by atoms with Gasteiger partial charge in [-0.25, -0.2) is 0 Å². The van der Waals surface area contributed by atoms with Crippen LogP contribution < -0.4 is 4.74 Å². The SMILES string of the molecule is CCc1c([N+](=O)[O-])cc(C(C)(C)C)c(OC)c1[N+](=O)[O-]. The van der Waals surface area contributed by atoms with Gasteiger partial charge in [-0.15, -0.1) is 0 Å². The third-order valence-corrected chi connectivity index (χ3v) is 3.08. The topological polar surface area (TPSA) is 95.5 Å². The van der Waals surface area contributed by atoms with Crippen LogP contribution in [-0.4, -0.2) is 17.0 Å². The summed E-state index contributed by atoms with van der Waals surface area (Å²) in [4.78, 5) is 21.3. The van der Waals surface area contributed by atoms with Crippen molar-refractivity contribution in [2.75, 3.05) is 7.11 Å². The van der Waals surface area contributed by atoms with Crippen LogP contribution in [0.15, 0.2) is 6.07 Å². The zero-order chi connectivity index (χ0) is 15.7. The molecule has 0 spiro atoms. The molecule has 7 nitrogen and oxygen atoms in total. The molecule has 0 N–H and O–H groups in total. The molecule has 7 heteroatoms. The van der Waals surface area contributed by atoms with Crippen LogP contribution in [0, 0.1) is 20.2 Å². The smallest absolute Gasteiger partial charge is 0.321 e. The summed E-state index contributed by atoms with van der Waals surface area (Å²) in [5.41, 5.74) is -0.507. The zero-order valence-electron chi connectivity index (χ0n) is 12.2. The van der Waals surface area contributed by atoms with Gasteiger partial charge >= 0.3 is 5.69 Å². The van der Waals surface area contributed by atoms with Crippen molar-refractivity contribution >= 4 is 11.4 Å². The molecule has 1 rings (SSSR count). The van der Waals surface area contributed by atoms with Crippen molar-refractivity contribution in [2.45, 2.75) is 39.5 Å². The van der Waals surface area contributed by atoms with E-state index in [0.717, 1.165) is 0 Å². The van der Waals surface area contributed by atoms with Gasteiger partial charge in [-0.05, 0) is 11.8 Å². The predicted molar refractivity (Wildman–Crippen MR) is 74.4 cm³/mol. The van der Waals surface area contributed by atoms with Crippen LogP contribution >= 0.6 is 0 Å². The van der Waals surface area contributed by atoms with E-state index in [1.807, 2.05) is 20.8 Å². The minimum atomic E-state index is -0.611. The maximum absolute atomic E-state index is 11.3. The maximum Gasteiger partial charge on any atom is 0.321 e. The Kier molecular flexibility index (Phi) is 4.32. The third-order valence-electron chi connectivity index (χ3n) is 3.08. The predicted octanol–water partition coefficient (Wildman–Crippen LogP) is 3.37. The lowest BCUT2D eigenvalue weighted by atomic mass is 9.84. The number of methoxy groups -OCH3 is 1. The second kappa shape index (κ2) is 5.44. The Balaban J connectivity index is 3.90. The molecule has 0 saturated heterocycles. The molecule has 0 heterocycles. The maximum atomic E-state index is 11.3. The number of benzene rings is 1. The van der Waals surface area contributed by atoms with Crippen LogP contribution in [0.5, 0.6) is 5.75 Å². The Morgan fingerprint density at radius 3 is 2.05 bits per heavy atom. The Bertz CT molecular complexity index is 561. The van der Waals surface area contributed by atoms with Crippen LogP contribution in [0.3, 0.4) is 0 Å². The molecule has 0 fully saturated rings. The van der Waals surface area contributed by atoms with Crippen molar-refractivity contribution in [3.8, 4) is 5.75 Å². The standard InChI is InChI=1S/C13H18N2O5/c1-6-8-10(14(16)17)7-9(13(2,3)4)12(20-5)11(8)15(18)19/h7H,6H2,1-5H3. The number of hydrogen-bond donors (Lipinski definition) is 0. The molecule has 0 aliphatic rings. The van der Waals surface area contributed by atoms with Crippen molar-refractivity contribution < 1.29 is 14.6 Å². The van der Waals surface area contributed by atoms with Gasteiger partial charge in [-0.3, -0.25) is 20.2 Å². The van der Waals surface area contributed by atoms with E-state index in [2.05, 4.69) is 0 Å². The number of nitro groups is 2. The molecule has 20 heavy (non-hydrogen) atoms. The normalized spacial score (nSPS) is 11.2. The van der Waals surface area contributed by atoms with Crippen molar-refractivity contribution in [2.24, 2.45) is 0 Å². The first-order valence-corrected chi connectivity index (χ1v) is 6.18. The fourth-order valence-electron chi connectivity index (χ4n) is 2.14. The average Bonchev–Trinajstić information content (AvgIpc) is 2.34. The summed E-state index contributed by atoms with van der Waals surface area (Å²) in [5, 5.41) is 22.5. The molecule has 0 saturated carbocycles. The molecule has 1 aromatic rings. The number of ether oxygens (including phenoxy) is 1. The molecule has 0 aliphatic heterocycles. The summed E-state index contributed by atoms with van der Waals surface area (Å²) in [6.07, 6.45) is 0.188. The molecule has 110 valence electrons. The number of hydrogen-bond acceptors (Lipinski definition) is 5. The molecule has 0 aliphatic carbocycles. The van der Waals surface area contributed by atoms with Crippen LogP contribution in [0.1, 0.15) is 38.8 Å². The van der Waals surface area contributed by atoms with Crippen LogP contribution in [0.4, 0.5) is 11.4 Å². The molecule has 0 atom stereocenters. The van der Waals surface area contributed by atoms with Crippen LogP contribution in [-0.2, 0) is 11.8 Å². The minimum Gasteiger partial charge on any atom is -0.490 e. The first kappa shape index (κ1) is 15.9. The Hall–Kier alpha value is -2.18. The van der Waals surface area contributed by atoms with E-state index in [9.17, 15) is 20.2 Å². The van der Waals surface area contributed by atoms with E-state index < -0.39 is 15.3 Å². The minimum absolute atomic E-state index is 0.0878. The number of nitrogens with zero attached hydrogens (tertiary/aromatic N) is 2. The van der Waals surface area contributed by atoms with Gasteiger partial charge in [0, 0.05) is 11.6 Å². The first-order chi connectivity index (χ1) is 9.15. The summed E-state index contributed by atoms with van der Waals surface area (Å²) in [6.45, 7) is 7.11. The highest BCUT2D eigenvalue weighted by Crippen LogP contribution is 2.44. The average molecular weight is 282 g/mol. The Labute approximate surface area is 116 Å². The van der Waals surface area contributed by atoms with E-state index in [4.69, 9.17) is 4.74 Å². The van der Waals surface area contributed by atoms with E-state index in [1.165, 1.54) is 13.2 Å². The number of rotatable bonds is 4. The summed E-state index contributed by atoms with van der Waals surface area (Å²) < 4.78 is 5.18. The van der Waals surface area contributed by atoms with Crippen molar-refractivity contribution in [1.29, 1.82) is 0 Å². The summed E-state index contributed by atoms with van der Waals surface area (Å²) in [7, 11) is 1.34. The second-order valence-electron chi connectivity index (χ2n) is 5.42. The highest BCUT2D eigenvalue weighted by atomic mass is 16.6.